The average Bonchev–Trinajstić information content (AvgIpc) is 2.38. The van der Waals surface area contributed by atoms with Crippen molar-refractivity contribution in [1.82, 2.24) is 4.90 Å². The molecule has 0 unspecified atom stereocenters. The molecule has 2 rings (SSSR count). The minimum atomic E-state index is -0.706. The number of likely N-dealkylation sites (tertiary alicyclic amines) is 1. The number of piperidine rings is 1. The maximum atomic E-state index is 13.1. The van der Waals surface area contributed by atoms with Crippen LogP contribution in [0, 0.1) is 11.7 Å². The van der Waals surface area contributed by atoms with Crippen LogP contribution >= 0.6 is 0 Å². The second kappa shape index (κ2) is 6.66. The van der Waals surface area contributed by atoms with Gasteiger partial charge in [-0.15, -0.1) is 0 Å². The van der Waals surface area contributed by atoms with E-state index in [1.54, 1.807) is 12.1 Å². The van der Waals surface area contributed by atoms with E-state index in [0.29, 0.717) is 5.92 Å². The molecule has 104 valence electrons. The van der Waals surface area contributed by atoms with Gasteiger partial charge in [-0.05, 0) is 56.0 Å². The molecule has 0 aromatic heterocycles. The van der Waals surface area contributed by atoms with E-state index in [0.717, 1.165) is 44.5 Å². The molecule has 1 aromatic rings. The fourth-order valence-electron chi connectivity index (χ4n) is 2.65. The number of nitrogens with zero attached hydrogens (tertiary/aromatic N) is 1. The molecule has 4 heteroatoms. The van der Waals surface area contributed by atoms with Gasteiger partial charge in [0.1, 0.15) is 5.82 Å². The van der Waals surface area contributed by atoms with Gasteiger partial charge in [0.2, 0.25) is 0 Å². The molecule has 3 nitrogen and oxygen atoms in total. The molecule has 0 atom stereocenters. The quantitative estimate of drug-likeness (QED) is 0.890. The second-order valence-corrected chi connectivity index (χ2v) is 5.28. The number of carboxylic acids is 1. The molecule has 0 radical (unpaired) electrons. The Labute approximate surface area is 113 Å². The summed E-state index contributed by atoms with van der Waals surface area (Å²) in [4.78, 5) is 12.8. The van der Waals surface area contributed by atoms with Crippen molar-refractivity contribution in [1.29, 1.82) is 0 Å². The smallest absolute Gasteiger partial charge is 0.303 e. The predicted molar refractivity (Wildman–Crippen MR) is 71.3 cm³/mol. The Morgan fingerprint density at radius 3 is 2.74 bits per heavy atom. The van der Waals surface area contributed by atoms with E-state index in [-0.39, 0.29) is 12.2 Å². The van der Waals surface area contributed by atoms with E-state index >= 15 is 0 Å². The Balaban J connectivity index is 1.75. The molecule has 1 aliphatic rings. The Hall–Kier alpha value is -1.42. The number of aliphatic carboxylic acids is 1. The van der Waals surface area contributed by atoms with E-state index < -0.39 is 5.97 Å². The highest BCUT2D eigenvalue weighted by Crippen LogP contribution is 2.23. The maximum absolute atomic E-state index is 13.1. The van der Waals surface area contributed by atoms with E-state index in [9.17, 15) is 9.18 Å². The van der Waals surface area contributed by atoms with Gasteiger partial charge in [-0.3, -0.25) is 9.69 Å². The molecule has 1 aromatic carbocycles. The lowest BCUT2D eigenvalue weighted by molar-refractivity contribution is -0.137. The molecule has 0 saturated carbocycles. The highest BCUT2D eigenvalue weighted by atomic mass is 19.1. The first-order valence-corrected chi connectivity index (χ1v) is 6.82. The zero-order chi connectivity index (χ0) is 13.7. The van der Waals surface area contributed by atoms with Gasteiger partial charge < -0.3 is 5.11 Å². The Morgan fingerprint density at radius 2 is 2.11 bits per heavy atom. The van der Waals surface area contributed by atoms with Gasteiger partial charge in [-0.2, -0.15) is 0 Å². The zero-order valence-corrected chi connectivity index (χ0v) is 11.0. The van der Waals surface area contributed by atoms with Gasteiger partial charge in [-0.1, -0.05) is 12.1 Å². The lowest BCUT2D eigenvalue weighted by Gasteiger charge is -2.31. The summed E-state index contributed by atoms with van der Waals surface area (Å²) in [5.41, 5.74) is 1.00. The van der Waals surface area contributed by atoms with Gasteiger partial charge >= 0.3 is 5.97 Å². The fraction of sp³-hybridized carbons (Fsp3) is 0.533. The molecular formula is C15H20FNO2. The van der Waals surface area contributed by atoms with Crippen LogP contribution in [0.5, 0.6) is 0 Å². The van der Waals surface area contributed by atoms with Crippen molar-refractivity contribution >= 4 is 5.97 Å². The maximum Gasteiger partial charge on any atom is 0.303 e. The molecule has 1 aliphatic heterocycles. The molecule has 0 spiro atoms. The highest BCUT2D eigenvalue weighted by Gasteiger charge is 2.19. The van der Waals surface area contributed by atoms with Crippen LogP contribution in [0.1, 0.15) is 31.2 Å². The Morgan fingerprint density at radius 1 is 1.37 bits per heavy atom. The lowest BCUT2D eigenvalue weighted by Crippen LogP contribution is -2.33. The van der Waals surface area contributed by atoms with Crippen LogP contribution in [0.4, 0.5) is 4.39 Å². The molecule has 19 heavy (non-hydrogen) atoms. The van der Waals surface area contributed by atoms with Crippen LogP contribution in [-0.2, 0) is 11.3 Å². The summed E-state index contributed by atoms with van der Waals surface area (Å²) in [5, 5.41) is 8.67. The van der Waals surface area contributed by atoms with Crippen molar-refractivity contribution in [2.24, 2.45) is 5.92 Å². The van der Waals surface area contributed by atoms with Gasteiger partial charge in [0.15, 0.2) is 0 Å². The fourth-order valence-corrected chi connectivity index (χ4v) is 2.65. The minimum absolute atomic E-state index is 0.186. The molecule has 1 saturated heterocycles. The summed E-state index contributed by atoms with van der Waals surface area (Å²) >= 11 is 0. The van der Waals surface area contributed by atoms with Crippen molar-refractivity contribution in [2.45, 2.75) is 32.2 Å². The number of halogens is 1. The zero-order valence-electron chi connectivity index (χ0n) is 11.0. The Bertz CT molecular complexity index is 428. The summed E-state index contributed by atoms with van der Waals surface area (Å²) in [5.74, 6) is -0.365. The summed E-state index contributed by atoms with van der Waals surface area (Å²) in [6.07, 6.45) is 3.14. The molecule has 0 bridgehead atoms. The van der Waals surface area contributed by atoms with Crippen LogP contribution < -0.4 is 0 Å². The molecule has 1 heterocycles. The SMILES string of the molecule is O=C(O)CCC1CCN(Cc2cccc(F)c2)CC1. The van der Waals surface area contributed by atoms with Crippen LogP contribution in [-0.4, -0.2) is 29.1 Å². The normalized spacial score (nSPS) is 17.5. The van der Waals surface area contributed by atoms with Crippen molar-refractivity contribution < 1.29 is 14.3 Å². The number of hydrogen-bond donors (Lipinski definition) is 1. The summed E-state index contributed by atoms with van der Waals surface area (Å²) in [6.45, 7) is 2.73. The lowest BCUT2D eigenvalue weighted by atomic mass is 9.92. The third-order valence-corrected chi connectivity index (χ3v) is 3.77. The highest BCUT2D eigenvalue weighted by molar-refractivity contribution is 5.66. The molecule has 0 amide bonds. The first-order valence-electron chi connectivity index (χ1n) is 6.82. The number of benzene rings is 1. The van der Waals surface area contributed by atoms with E-state index in [2.05, 4.69) is 4.90 Å². The first kappa shape index (κ1) is 14.0. The predicted octanol–water partition coefficient (Wildman–Crippen LogP) is 2.90. The third kappa shape index (κ3) is 4.63. The number of carbonyl (C=O) groups is 1. The Kier molecular flexibility index (Phi) is 4.91. The molecule has 1 N–H and O–H groups in total. The van der Waals surface area contributed by atoms with E-state index in [1.165, 1.54) is 6.07 Å². The number of rotatable bonds is 5. The van der Waals surface area contributed by atoms with E-state index in [4.69, 9.17) is 5.11 Å². The van der Waals surface area contributed by atoms with Crippen molar-refractivity contribution in [2.75, 3.05) is 13.1 Å². The summed E-state index contributed by atoms with van der Waals surface area (Å²) in [7, 11) is 0. The topological polar surface area (TPSA) is 40.5 Å². The largest absolute Gasteiger partial charge is 0.481 e. The van der Waals surface area contributed by atoms with Crippen LogP contribution in [0.2, 0.25) is 0 Å². The van der Waals surface area contributed by atoms with Crippen LogP contribution in [0.25, 0.3) is 0 Å². The van der Waals surface area contributed by atoms with Crippen molar-refractivity contribution in [3.05, 3.63) is 35.6 Å². The summed E-state index contributed by atoms with van der Waals surface area (Å²) in [6, 6.07) is 6.72. The van der Waals surface area contributed by atoms with Gasteiger partial charge in [-0.25, -0.2) is 4.39 Å². The standard InChI is InChI=1S/C15H20FNO2/c16-14-3-1-2-13(10-14)11-17-8-6-12(7-9-17)4-5-15(18)19/h1-3,10,12H,4-9,11H2,(H,18,19). The van der Waals surface area contributed by atoms with Crippen molar-refractivity contribution in [3.8, 4) is 0 Å². The average molecular weight is 265 g/mol. The number of hydrogen-bond acceptors (Lipinski definition) is 2. The monoisotopic (exact) mass is 265 g/mol. The molecule has 0 aliphatic carbocycles. The van der Waals surface area contributed by atoms with E-state index in [1.807, 2.05) is 6.07 Å². The number of carboxylic acid groups (broad SMARTS) is 1. The minimum Gasteiger partial charge on any atom is -0.481 e. The van der Waals surface area contributed by atoms with Crippen molar-refractivity contribution in [3.63, 3.8) is 0 Å². The van der Waals surface area contributed by atoms with Crippen LogP contribution in [0.15, 0.2) is 24.3 Å². The summed E-state index contributed by atoms with van der Waals surface area (Å²) < 4.78 is 13.1. The first-order chi connectivity index (χ1) is 9.13. The van der Waals surface area contributed by atoms with Crippen LogP contribution in [0.3, 0.4) is 0 Å². The molecular weight excluding hydrogens is 245 g/mol. The molecule has 1 fully saturated rings. The van der Waals surface area contributed by atoms with Gasteiger partial charge in [0.05, 0.1) is 0 Å². The third-order valence-electron chi connectivity index (χ3n) is 3.77. The van der Waals surface area contributed by atoms with Gasteiger partial charge in [0, 0.05) is 13.0 Å². The second-order valence-electron chi connectivity index (χ2n) is 5.28. The van der Waals surface area contributed by atoms with Gasteiger partial charge in [0.25, 0.3) is 0 Å².